The molecule has 2 fully saturated rings. The molecule has 2 atom stereocenters. The van der Waals surface area contributed by atoms with Gasteiger partial charge in [-0.3, -0.25) is 0 Å². The van der Waals surface area contributed by atoms with Gasteiger partial charge in [-0.25, -0.2) is 4.58 Å². The van der Waals surface area contributed by atoms with E-state index in [1.807, 2.05) is 0 Å². The zero-order valence-corrected chi connectivity index (χ0v) is 7.83. The van der Waals surface area contributed by atoms with E-state index in [2.05, 4.69) is 17.7 Å². The molecule has 12 heavy (non-hydrogen) atoms. The van der Waals surface area contributed by atoms with Crippen molar-refractivity contribution in [3.63, 3.8) is 0 Å². The second-order valence-corrected chi connectivity index (χ2v) is 3.85. The van der Waals surface area contributed by atoms with Crippen molar-refractivity contribution < 1.29 is 9.31 Å². The van der Waals surface area contributed by atoms with Crippen LogP contribution in [0, 0.1) is 5.92 Å². The third-order valence-corrected chi connectivity index (χ3v) is 3.11. The van der Waals surface area contributed by atoms with Gasteiger partial charge < -0.3 is 4.74 Å². The fourth-order valence-electron chi connectivity index (χ4n) is 2.35. The first-order chi connectivity index (χ1) is 5.90. The Hall–Kier alpha value is -0.370. The molecule has 0 aromatic rings. The fourth-order valence-corrected chi connectivity index (χ4v) is 2.35. The number of piperidine rings is 1. The van der Waals surface area contributed by atoms with Crippen LogP contribution in [0.3, 0.4) is 0 Å². The molecule has 0 radical (unpaired) electrons. The molecule has 2 nitrogen and oxygen atoms in total. The Morgan fingerprint density at radius 3 is 3.17 bits per heavy atom. The van der Waals surface area contributed by atoms with Crippen LogP contribution >= 0.6 is 0 Å². The van der Waals surface area contributed by atoms with Crippen LogP contribution in [0.25, 0.3) is 0 Å². The summed E-state index contributed by atoms with van der Waals surface area (Å²) in [5.74, 6) is 0.809. The van der Waals surface area contributed by atoms with Crippen molar-refractivity contribution in [2.24, 2.45) is 5.92 Å². The molecule has 0 amide bonds. The van der Waals surface area contributed by atoms with E-state index in [1.54, 1.807) is 0 Å². The van der Waals surface area contributed by atoms with Crippen LogP contribution < -0.4 is 0 Å². The minimum absolute atomic E-state index is 0.579. The lowest BCUT2D eigenvalue weighted by atomic mass is 9.89. The van der Waals surface area contributed by atoms with Gasteiger partial charge in [0, 0.05) is 25.9 Å². The van der Waals surface area contributed by atoms with Gasteiger partial charge in [0.25, 0.3) is 0 Å². The zero-order valence-electron chi connectivity index (χ0n) is 7.83. The highest BCUT2D eigenvalue weighted by Crippen LogP contribution is 2.26. The predicted octanol–water partition coefficient (Wildman–Crippen LogP) is 1.29. The number of nitrogens with zero attached hydrogens (tertiary/aromatic N) is 1. The molecule has 68 valence electrons. The largest absolute Gasteiger partial charge is 0.377 e. The second-order valence-electron chi connectivity index (χ2n) is 3.85. The van der Waals surface area contributed by atoms with Crippen LogP contribution in [0.4, 0.5) is 0 Å². The highest BCUT2D eigenvalue weighted by Gasteiger charge is 2.33. The molecular weight excluding hydrogens is 150 g/mol. The summed E-state index contributed by atoms with van der Waals surface area (Å²) < 4.78 is 8.16. The second kappa shape index (κ2) is 3.56. The lowest BCUT2D eigenvalue weighted by Gasteiger charge is -2.33. The molecule has 2 aliphatic rings. The van der Waals surface area contributed by atoms with Gasteiger partial charge in [-0.15, -0.1) is 0 Å². The standard InChI is InChI=1S/C10H18NO/c1-2-11-6-5-10-9(8-11)4-3-7-12-10/h2,9-10H,3-8H2,1H3/q+1. The normalized spacial score (nSPS) is 39.6. The van der Waals surface area contributed by atoms with Gasteiger partial charge in [-0.05, 0) is 12.8 Å². The monoisotopic (exact) mass is 168 g/mol. The maximum Gasteiger partial charge on any atom is 0.147 e. The van der Waals surface area contributed by atoms with Crippen molar-refractivity contribution in [1.29, 1.82) is 0 Å². The molecule has 0 N–H and O–H groups in total. The molecule has 0 bridgehead atoms. The maximum absolute atomic E-state index is 5.73. The summed E-state index contributed by atoms with van der Waals surface area (Å²) in [5.41, 5.74) is 0. The highest BCUT2D eigenvalue weighted by molar-refractivity contribution is 5.46. The summed E-state index contributed by atoms with van der Waals surface area (Å²) in [4.78, 5) is 0. The molecule has 0 spiro atoms. The average Bonchev–Trinajstić information content (AvgIpc) is 2.17. The number of rotatable bonds is 0. The molecule has 0 saturated carbocycles. The van der Waals surface area contributed by atoms with Gasteiger partial charge in [-0.1, -0.05) is 0 Å². The number of ether oxygens (including phenoxy) is 1. The predicted molar refractivity (Wildman–Crippen MR) is 48.8 cm³/mol. The van der Waals surface area contributed by atoms with Gasteiger partial charge in [0.05, 0.1) is 6.10 Å². The van der Waals surface area contributed by atoms with Crippen LogP contribution in [0.1, 0.15) is 26.2 Å². The van der Waals surface area contributed by atoms with E-state index in [1.165, 1.54) is 32.4 Å². The van der Waals surface area contributed by atoms with Crippen molar-refractivity contribution in [2.45, 2.75) is 32.3 Å². The molecule has 2 aliphatic heterocycles. The summed E-state index contributed by atoms with van der Waals surface area (Å²) in [7, 11) is 0. The van der Waals surface area contributed by atoms with E-state index < -0.39 is 0 Å². The quantitative estimate of drug-likeness (QED) is 0.496. The van der Waals surface area contributed by atoms with Gasteiger partial charge in [0.1, 0.15) is 19.3 Å². The number of fused-ring (bicyclic) bond motifs is 1. The third kappa shape index (κ3) is 1.53. The zero-order chi connectivity index (χ0) is 8.39. The van der Waals surface area contributed by atoms with E-state index in [4.69, 9.17) is 4.74 Å². The third-order valence-electron chi connectivity index (χ3n) is 3.11. The molecule has 2 saturated heterocycles. The topological polar surface area (TPSA) is 12.2 Å². The Morgan fingerprint density at radius 2 is 2.33 bits per heavy atom. The molecule has 2 heterocycles. The summed E-state index contributed by atoms with van der Waals surface area (Å²) in [6.45, 7) is 5.54. The Morgan fingerprint density at radius 1 is 1.42 bits per heavy atom. The van der Waals surface area contributed by atoms with Gasteiger partial charge in [0.15, 0.2) is 0 Å². The van der Waals surface area contributed by atoms with Crippen molar-refractivity contribution in [1.82, 2.24) is 0 Å². The van der Waals surface area contributed by atoms with E-state index in [-0.39, 0.29) is 0 Å². The lowest BCUT2D eigenvalue weighted by molar-refractivity contribution is -0.549. The fraction of sp³-hybridized carbons (Fsp3) is 0.900. The summed E-state index contributed by atoms with van der Waals surface area (Å²) in [6.07, 6.45) is 6.66. The smallest absolute Gasteiger partial charge is 0.147 e. The van der Waals surface area contributed by atoms with Crippen molar-refractivity contribution in [3.05, 3.63) is 0 Å². The van der Waals surface area contributed by atoms with E-state index >= 15 is 0 Å². The number of hydrogen-bond donors (Lipinski definition) is 0. The first-order valence-electron chi connectivity index (χ1n) is 5.05. The maximum atomic E-state index is 5.73. The minimum atomic E-state index is 0.579. The first kappa shape index (κ1) is 8.24. The summed E-state index contributed by atoms with van der Waals surface area (Å²) >= 11 is 0. The van der Waals surface area contributed by atoms with Crippen LogP contribution in [0.15, 0.2) is 0 Å². The molecular formula is C10H18NO+. The van der Waals surface area contributed by atoms with Crippen LogP contribution in [-0.2, 0) is 4.74 Å². The van der Waals surface area contributed by atoms with E-state index in [0.717, 1.165) is 12.5 Å². The molecule has 2 heteroatoms. The first-order valence-corrected chi connectivity index (χ1v) is 5.05. The Bertz CT molecular complexity index is 188. The van der Waals surface area contributed by atoms with Crippen molar-refractivity contribution >= 4 is 6.21 Å². The minimum Gasteiger partial charge on any atom is -0.377 e. The molecule has 2 rings (SSSR count). The van der Waals surface area contributed by atoms with Crippen LogP contribution in [0.2, 0.25) is 0 Å². The average molecular weight is 168 g/mol. The van der Waals surface area contributed by atoms with Gasteiger partial charge in [-0.2, -0.15) is 0 Å². The van der Waals surface area contributed by atoms with Crippen LogP contribution in [0.5, 0.6) is 0 Å². The van der Waals surface area contributed by atoms with Crippen molar-refractivity contribution in [3.8, 4) is 0 Å². The van der Waals surface area contributed by atoms with Gasteiger partial charge in [0.2, 0.25) is 0 Å². The summed E-state index contributed by atoms with van der Waals surface area (Å²) in [6, 6.07) is 0. The number of hydrogen-bond acceptors (Lipinski definition) is 1. The molecule has 0 aromatic heterocycles. The molecule has 0 aromatic carbocycles. The highest BCUT2D eigenvalue weighted by atomic mass is 16.5. The van der Waals surface area contributed by atoms with Crippen molar-refractivity contribution in [2.75, 3.05) is 19.7 Å². The van der Waals surface area contributed by atoms with E-state index in [0.29, 0.717) is 6.10 Å². The Balaban J connectivity index is 1.98. The van der Waals surface area contributed by atoms with Crippen LogP contribution in [-0.4, -0.2) is 36.6 Å². The molecule has 2 unspecified atom stereocenters. The Kier molecular flexibility index (Phi) is 2.45. The molecule has 0 aliphatic carbocycles. The van der Waals surface area contributed by atoms with Gasteiger partial charge >= 0.3 is 0 Å². The SMILES string of the molecule is CC=[N+]1CCC2OCCCC2C1. The summed E-state index contributed by atoms with van der Waals surface area (Å²) in [5, 5.41) is 0. The lowest BCUT2D eigenvalue weighted by Crippen LogP contribution is -2.42. The van der Waals surface area contributed by atoms with E-state index in [9.17, 15) is 0 Å². The Labute approximate surface area is 74.2 Å².